The highest BCUT2D eigenvalue weighted by Gasteiger charge is 2.23. The number of halogens is 2. The van der Waals surface area contributed by atoms with Crippen LogP contribution in [0.25, 0.3) is 0 Å². The van der Waals surface area contributed by atoms with Gasteiger partial charge in [-0.25, -0.2) is 0 Å². The Morgan fingerprint density at radius 3 is 2.60 bits per heavy atom. The zero-order valence-electron chi connectivity index (χ0n) is 11.7. The van der Waals surface area contributed by atoms with Crippen molar-refractivity contribution in [2.45, 2.75) is 38.1 Å². The van der Waals surface area contributed by atoms with Crippen molar-refractivity contribution < 1.29 is 9.69 Å². The van der Waals surface area contributed by atoms with Crippen molar-refractivity contribution >= 4 is 34.8 Å². The van der Waals surface area contributed by atoms with E-state index in [1.807, 2.05) is 0 Å². The summed E-state index contributed by atoms with van der Waals surface area (Å²) in [7, 11) is 2.10. The van der Waals surface area contributed by atoms with Gasteiger partial charge in [-0.2, -0.15) is 0 Å². The highest BCUT2D eigenvalue weighted by Crippen LogP contribution is 2.24. The molecule has 1 fully saturated rings. The lowest BCUT2D eigenvalue weighted by atomic mass is 9.94. The molecule has 0 spiro atoms. The van der Waals surface area contributed by atoms with Gasteiger partial charge in [-0.1, -0.05) is 29.6 Å². The highest BCUT2D eigenvalue weighted by molar-refractivity contribution is 6.42. The number of hydrogen-bond donors (Lipinski definition) is 2. The number of rotatable bonds is 4. The molecular formula is C15H21Cl2N2O+. The third-order valence-corrected chi connectivity index (χ3v) is 4.68. The van der Waals surface area contributed by atoms with E-state index < -0.39 is 0 Å². The van der Waals surface area contributed by atoms with Crippen LogP contribution in [0.4, 0.5) is 5.69 Å². The van der Waals surface area contributed by atoms with Crippen LogP contribution in [-0.4, -0.2) is 25.5 Å². The topological polar surface area (TPSA) is 33.5 Å². The highest BCUT2D eigenvalue weighted by atomic mass is 35.5. The first-order valence-electron chi connectivity index (χ1n) is 7.13. The van der Waals surface area contributed by atoms with Crippen LogP contribution in [0.2, 0.25) is 10.0 Å². The van der Waals surface area contributed by atoms with E-state index in [9.17, 15) is 4.79 Å². The predicted molar refractivity (Wildman–Crippen MR) is 83.7 cm³/mol. The number of amides is 1. The summed E-state index contributed by atoms with van der Waals surface area (Å²) in [5.74, 6) is 0.0199. The van der Waals surface area contributed by atoms with Crippen molar-refractivity contribution in [3.05, 3.63) is 28.2 Å². The van der Waals surface area contributed by atoms with Crippen molar-refractivity contribution in [1.82, 2.24) is 0 Å². The lowest BCUT2D eigenvalue weighted by Gasteiger charge is -2.27. The molecule has 0 saturated heterocycles. The van der Waals surface area contributed by atoms with E-state index in [0.717, 1.165) is 0 Å². The fraction of sp³-hybridized carbons (Fsp3) is 0.533. The molecule has 5 heteroatoms. The molecule has 0 heterocycles. The smallest absolute Gasteiger partial charge is 0.279 e. The van der Waals surface area contributed by atoms with E-state index in [4.69, 9.17) is 23.2 Å². The number of quaternary nitrogens is 1. The minimum atomic E-state index is 0.0199. The van der Waals surface area contributed by atoms with E-state index in [2.05, 4.69) is 12.4 Å². The minimum absolute atomic E-state index is 0.0199. The molecule has 2 rings (SSSR count). The second kappa shape index (κ2) is 7.30. The Morgan fingerprint density at radius 1 is 1.25 bits per heavy atom. The molecule has 0 aliphatic heterocycles. The quantitative estimate of drug-likeness (QED) is 0.880. The molecule has 110 valence electrons. The Morgan fingerprint density at radius 2 is 1.95 bits per heavy atom. The minimum Gasteiger partial charge on any atom is -0.327 e. The second-order valence-corrected chi connectivity index (χ2v) is 6.35. The van der Waals surface area contributed by atoms with Crippen LogP contribution in [0, 0.1) is 0 Å². The lowest BCUT2D eigenvalue weighted by Crippen LogP contribution is -3.14. The number of anilines is 1. The average molecular weight is 316 g/mol. The summed E-state index contributed by atoms with van der Waals surface area (Å²) in [4.78, 5) is 13.3. The van der Waals surface area contributed by atoms with Gasteiger partial charge in [0, 0.05) is 5.69 Å². The van der Waals surface area contributed by atoms with Gasteiger partial charge in [0.1, 0.15) is 0 Å². The molecule has 0 radical (unpaired) electrons. The Kier molecular flexibility index (Phi) is 5.70. The van der Waals surface area contributed by atoms with Crippen LogP contribution in [0.5, 0.6) is 0 Å². The second-order valence-electron chi connectivity index (χ2n) is 5.54. The fourth-order valence-corrected chi connectivity index (χ4v) is 3.07. The van der Waals surface area contributed by atoms with Crippen LogP contribution in [0.15, 0.2) is 18.2 Å². The summed E-state index contributed by atoms with van der Waals surface area (Å²) >= 11 is 11.8. The Hall–Kier alpha value is -0.770. The van der Waals surface area contributed by atoms with Crippen molar-refractivity contribution in [2.24, 2.45) is 0 Å². The van der Waals surface area contributed by atoms with Crippen LogP contribution >= 0.6 is 23.2 Å². The zero-order valence-corrected chi connectivity index (χ0v) is 13.2. The van der Waals surface area contributed by atoms with Crippen LogP contribution in [0.3, 0.4) is 0 Å². The first-order chi connectivity index (χ1) is 9.56. The number of nitrogens with one attached hydrogen (secondary N) is 2. The molecule has 20 heavy (non-hydrogen) atoms. The molecule has 1 aromatic rings. The summed E-state index contributed by atoms with van der Waals surface area (Å²) in [6.45, 7) is 0.491. The zero-order chi connectivity index (χ0) is 14.5. The fourth-order valence-electron chi connectivity index (χ4n) is 2.77. The standard InChI is InChI=1S/C15H20Cl2N2O/c1-19(12-5-3-2-4-6-12)10-15(20)18-11-7-8-13(16)14(17)9-11/h7-9,12H,2-6,10H2,1H3,(H,18,20)/p+1. The molecule has 1 aliphatic rings. The Balaban J connectivity index is 1.86. The van der Waals surface area contributed by atoms with Crippen molar-refractivity contribution in [2.75, 3.05) is 18.9 Å². The van der Waals surface area contributed by atoms with E-state index >= 15 is 0 Å². The van der Waals surface area contributed by atoms with Gasteiger partial charge >= 0.3 is 0 Å². The molecule has 1 saturated carbocycles. The van der Waals surface area contributed by atoms with Gasteiger partial charge in [0.05, 0.1) is 23.1 Å². The molecule has 2 N–H and O–H groups in total. The van der Waals surface area contributed by atoms with Crippen molar-refractivity contribution in [3.63, 3.8) is 0 Å². The first kappa shape index (κ1) is 15.6. The van der Waals surface area contributed by atoms with Gasteiger partial charge < -0.3 is 10.2 Å². The summed E-state index contributed by atoms with van der Waals surface area (Å²) in [6, 6.07) is 5.75. The molecule has 1 unspecified atom stereocenters. The van der Waals surface area contributed by atoms with E-state index in [1.165, 1.54) is 37.0 Å². The van der Waals surface area contributed by atoms with Gasteiger partial charge in [-0.3, -0.25) is 4.79 Å². The monoisotopic (exact) mass is 315 g/mol. The van der Waals surface area contributed by atoms with E-state index in [-0.39, 0.29) is 5.91 Å². The van der Waals surface area contributed by atoms with Gasteiger partial charge in [-0.05, 0) is 43.9 Å². The number of hydrogen-bond acceptors (Lipinski definition) is 1. The molecule has 1 aromatic carbocycles. The van der Waals surface area contributed by atoms with Gasteiger partial charge in [-0.15, -0.1) is 0 Å². The third-order valence-electron chi connectivity index (χ3n) is 3.94. The lowest BCUT2D eigenvalue weighted by molar-refractivity contribution is -0.899. The predicted octanol–water partition coefficient (Wildman–Crippen LogP) is 2.78. The third kappa shape index (κ3) is 4.37. The van der Waals surface area contributed by atoms with Crippen LogP contribution in [0.1, 0.15) is 32.1 Å². The largest absolute Gasteiger partial charge is 0.327 e. The SMILES string of the molecule is C[NH+](CC(=O)Nc1ccc(Cl)c(Cl)c1)C1CCCCC1. The molecule has 0 aromatic heterocycles. The molecule has 1 aliphatic carbocycles. The average Bonchev–Trinajstić information content (AvgIpc) is 2.44. The van der Waals surface area contributed by atoms with Gasteiger partial charge in [0.15, 0.2) is 6.54 Å². The van der Waals surface area contributed by atoms with E-state index in [1.54, 1.807) is 18.2 Å². The van der Waals surface area contributed by atoms with Gasteiger partial charge in [0.2, 0.25) is 0 Å². The first-order valence-corrected chi connectivity index (χ1v) is 7.89. The Labute approximate surface area is 130 Å². The maximum atomic E-state index is 12.1. The maximum Gasteiger partial charge on any atom is 0.279 e. The number of benzene rings is 1. The summed E-state index contributed by atoms with van der Waals surface area (Å²) in [5.41, 5.74) is 0.695. The number of carbonyl (C=O) groups excluding carboxylic acids is 1. The molecular weight excluding hydrogens is 295 g/mol. The Bertz CT molecular complexity index is 473. The van der Waals surface area contributed by atoms with Crippen LogP contribution in [-0.2, 0) is 4.79 Å². The molecule has 1 atom stereocenters. The van der Waals surface area contributed by atoms with E-state index in [0.29, 0.717) is 28.3 Å². The molecule has 3 nitrogen and oxygen atoms in total. The van der Waals surface area contributed by atoms with Crippen molar-refractivity contribution in [1.29, 1.82) is 0 Å². The summed E-state index contributed by atoms with van der Waals surface area (Å²) in [5, 5.41) is 3.83. The number of carbonyl (C=O) groups is 1. The van der Waals surface area contributed by atoms with Crippen LogP contribution < -0.4 is 10.2 Å². The van der Waals surface area contributed by atoms with Gasteiger partial charge in [0.25, 0.3) is 5.91 Å². The van der Waals surface area contributed by atoms with Crippen molar-refractivity contribution in [3.8, 4) is 0 Å². The molecule has 1 amide bonds. The maximum absolute atomic E-state index is 12.1. The summed E-state index contributed by atoms with van der Waals surface area (Å²) < 4.78 is 0. The normalized spacial score (nSPS) is 17.8. The number of likely N-dealkylation sites (N-methyl/N-ethyl adjacent to an activating group) is 1. The summed E-state index contributed by atoms with van der Waals surface area (Å²) in [6.07, 6.45) is 6.36. The molecule has 0 bridgehead atoms.